The van der Waals surface area contributed by atoms with Crippen molar-refractivity contribution >= 4 is 23.2 Å². The number of hydrogen-bond donors (Lipinski definition) is 0. The van der Waals surface area contributed by atoms with Gasteiger partial charge in [-0.2, -0.15) is 0 Å². The van der Waals surface area contributed by atoms with E-state index in [0.29, 0.717) is 28.5 Å². The quantitative estimate of drug-likeness (QED) is 0.445. The van der Waals surface area contributed by atoms with E-state index in [-0.39, 0.29) is 24.6 Å². The van der Waals surface area contributed by atoms with Gasteiger partial charge in [0.2, 0.25) is 0 Å². The van der Waals surface area contributed by atoms with Crippen LogP contribution in [0.1, 0.15) is 17.9 Å². The van der Waals surface area contributed by atoms with Crippen LogP contribution in [0.2, 0.25) is 5.02 Å². The van der Waals surface area contributed by atoms with Crippen molar-refractivity contribution in [3.05, 3.63) is 93.7 Å². The maximum absolute atomic E-state index is 12.1. The topological polar surface area (TPSA) is 73.8 Å². The van der Waals surface area contributed by atoms with Crippen molar-refractivity contribution in [2.24, 2.45) is 0 Å². The van der Waals surface area contributed by atoms with Crippen molar-refractivity contribution in [2.45, 2.75) is 19.4 Å². The Morgan fingerprint density at radius 1 is 1.10 bits per heavy atom. The van der Waals surface area contributed by atoms with Crippen molar-refractivity contribution in [1.82, 2.24) is 9.38 Å². The maximum atomic E-state index is 12.1. The average Bonchev–Trinajstić information content (AvgIpc) is 3.21. The van der Waals surface area contributed by atoms with Crippen LogP contribution in [0.3, 0.4) is 0 Å². The van der Waals surface area contributed by atoms with Gasteiger partial charge in [0.05, 0.1) is 17.1 Å². The summed E-state index contributed by atoms with van der Waals surface area (Å²) in [6.07, 6.45) is 2.09. The largest absolute Gasteiger partial charge is 0.461 e. The second kappa shape index (κ2) is 8.32. The number of hydrogen-bond acceptors (Lipinski definition) is 5. The van der Waals surface area contributed by atoms with Gasteiger partial charge in [-0.3, -0.25) is 14.0 Å². The molecule has 4 aromatic rings. The number of carbonyl (C=O) groups is 1. The van der Waals surface area contributed by atoms with E-state index in [1.54, 1.807) is 12.1 Å². The van der Waals surface area contributed by atoms with Gasteiger partial charge in [-0.1, -0.05) is 41.9 Å². The zero-order chi connectivity index (χ0) is 20.2. The second-order valence-corrected chi connectivity index (χ2v) is 6.89. The van der Waals surface area contributed by atoms with Crippen LogP contribution >= 0.6 is 11.6 Å². The molecule has 0 spiro atoms. The molecule has 0 fully saturated rings. The molecule has 4 rings (SSSR count). The molecular weight excluding hydrogens is 392 g/mol. The number of benzene rings is 1. The van der Waals surface area contributed by atoms with Crippen LogP contribution in [0.4, 0.5) is 0 Å². The number of aryl methyl sites for hydroxylation is 1. The van der Waals surface area contributed by atoms with Crippen molar-refractivity contribution in [3.8, 4) is 11.3 Å². The molecule has 0 amide bonds. The highest BCUT2D eigenvalue weighted by molar-refractivity contribution is 6.30. The van der Waals surface area contributed by atoms with Crippen molar-refractivity contribution in [2.75, 3.05) is 0 Å². The normalized spacial score (nSPS) is 10.9. The molecule has 0 aliphatic carbocycles. The molecule has 7 heteroatoms. The summed E-state index contributed by atoms with van der Waals surface area (Å²) in [6.45, 7) is -0.0688. The van der Waals surface area contributed by atoms with Crippen LogP contribution < -0.4 is 5.56 Å². The number of ether oxygens (including phenoxy) is 1. The first-order valence-corrected chi connectivity index (χ1v) is 9.44. The summed E-state index contributed by atoms with van der Waals surface area (Å²) in [7, 11) is 0. The molecule has 0 atom stereocenters. The predicted molar refractivity (Wildman–Crippen MR) is 109 cm³/mol. The second-order valence-electron chi connectivity index (χ2n) is 6.45. The number of rotatable bonds is 6. The van der Waals surface area contributed by atoms with E-state index in [1.165, 1.54) is 16.7 Å². The molecule has 0 bridgehead atoms. The lowest BCUT2D eigenvalue weighted by Crippen LogP contribution is -2.16. The van der Waals surface area contributed by atoms with E-state index in [1.807, 2.05) is 42.5 Å². The van der Waals surface area contributed by atoms with Crippen molar-refractivity contribution in [1.29, 1.82) is 0 Å². The number of fused-ring (bicyclic) bond motifs is 1. The Morgan fingerprint density at radius 2 is 1.93 bits per heavy atom. The minimum Gasteiger partial charge on any atom is -0.461 e. The van der Waals surface area contributed by atoms with Gasteiger partial charge in [0, 0.05) is 24.2 Å². The zero-order valence-corrected chi connectivity index (χ0v) is 16.1. The summed E-state index contributed by atoms with van der Waals surface area (Å²) >= 11 is 5.89. The molecule has 0 aliphatic heterocycles. The van der Waals surface area contributed by atoms with Gasteiger partial charge in [-0.05, 0) is 24.3 Å². The molecular formula is C22H17ClN2O4. The van der Waals surface area contributed by atoms with Crippen LogP contribution in [0.15, 0.2) is 76.1 Å². The fourth-order valence-electron chi connectivity index (χ4n) is 2.92. The summed E-state index contributed by atoms with van der Waals surface area (Å²) < 4.78 is 12.4. The third-order valence-electron chi connectivity index (χ3n) is 4.35. The third-order valence-corrected chi connectivity index (χ3v) is 4.58. The number of halogens is 1. The van der Waals surface area contributed by atoms with Gasteiger partial charge < -0.3 is 9.15 Å². The lowest BCUT2D eigenvalue weighted by Gasteiger charge is -2.06. The molecule has 6 nitrogen and oxygen atoms in total. The fraction of sp³-hybridized carbons (Fsp3) is 0.136. The summed E-state index contributed by atoms with van der Waals surface area (Å²) in [6, 6.07) is 18.1. The van der Waals surface area contributed by atoms with E-state index in [9.17, 15) is 9.59 Å². The van der Waals surface area contributed by atoms with Crippen LogP contribution in [-0.4, -0.2) is 15.4 Å². The summed E-state index contributed by atoms with van der Waals surface area (Å²) in [5.74, 6) is 1.08. The molecule has 0 N–H and O–H groups in total. The number of aromatic nitrogens is 2. The number of esters is 1. The lowest BCUT2D eigenvalue weighted by molar-refractivity contribution is -0.145. The van der Waals surface area contributed by atoms with Gasteiger partial charge in [0.1, 0.15) is 23.8 Å². The zero-order valence-electron chi connectivity index (χ0n) is 15.4. The fourth-order valence-corrected chi connectivity index (χ4v) is 3.08. The van der Waals surface area contributed by atoms with Gasteiger partial charge in [-0.15, -0.1) is 0 Å². The molecule has 0 saturated carbocycles. The molecule has 0 radical (unpaired) electrons. The average molecular weight is 409 g/mol. The number of pyridine rings is 1. The maximum Gasteiger partial charge on any atom is 0.306 e. The highest BCUT2D eigenvalue weighted by atomic mass is 35.5. The Balaban J connectivity index is 1.34. The van der Waals surface area contributed by atoms with Gasteiger partial charge in [0.15, 0.2) is 0 Å². The Morgan fingerprint density at radius 3 is 2.76 bits per heavy atom. The van der Waals surface area contributed by atoms with Crippen LogP contribution in [0.25, 0.3) is 17.0 Å². The minimum atomic E-state index is -0.388. The number of nitrogens with zero attached hydrogens (tertiary/aromatic N) is 2. The Kier molecular flexibility index (Phi) is 5.44. The first-order chi connectivity index (χ1) is 14.1. The molecule has 146 valence electrons. The Hall–Kier alpha value is -3.38. The molecule has 1 aromatic carbocycles. The van der Waals surface area contributed by atoms with E-state index in [0.717, 1.165) is 11.3 Å². The van der Waals surface area contributed by atoms with E-state index < -0.39 is 0 Å². The highest BCUT2D eigenvalue weighted by Crippen LogP contribution is 2.22. The molecule has 3 aromatic heterocycles. The first kappa shape index (κ1) is 19.0. The molecule has 3 heterocycles. The SMILES string of the molecule is O=C(CCc1ccc(-c2ccccc2)o1)OCc1cc(=O)n2cc(Cl)ccc2n1. The standard InChI is InChI=1S/C22H17ClN2O4/c23-16-6-10-20-24-17(12-21(26)25(20)13-16)14-28-22(27)11-8-18-7-9-19(29-18)15-4-2-1-3-5-15/h1-7,9-10,12-13H,8,11,14H2. The van der Waals surface area contributed by atoms with Gasteiger partial charge >= 0.3 is 5.97 Å². The third kappa shape index (κ3) is 4.55. The Labute approximate surface area is 171 Å². The monoisotopic (exact) mass is 408 g/mol. The van der Waals surface area contributed by atoms with Crippen LogP contribution in [0.5, 0.6) is 0 Å². The van der Waals surface area contributed by atoms with E-state index in [2.05, 4.69) is 4.98 Å². The smallest absolute Gasteiger partial charge is 0.306 e. The minimum absolute atomic E-state index is 0.0688. The van der Waals surface area contributed by atoms with Gasteiger partial charge in [-0.25, -0.2) is 4.98 Å². The first-order valence-electron chi connectivity index (χ1n) is 9.06. The van der Waals surface area contributed by atoms with E-state index >= 15 is 0 Å². The predicted octanol–water partition coefficient (Wildman–Crippen LogP) is 4.28. The summed E-state index contributed by atoms with van der Waals surface area (Å²) in [5.41, 5.74) is 1.52. The summed E-state index contributed by atoms with van der Waals surface area (Å²) in [5, 5.41) is 0.439. The Bertz CT molecular complexity index is 1210. The van der Waals surface area contributed by atoms with Crippen LogP contribution in [-0.2, 0) is 22.6 Å². The molecule has 0 unspecified atom stereocenters. The number of furan rings is 1. The number of carbonyl (C=O) groups excluding carboxylic acids is 1. The lowest BCUT2D eigenvalue weighted by atomic mass is 10.2. The highest BCUT2D eigenvalue weighted by Gasteiger charge is 2.10. The molecule has 0 saturated heterocycles. The van der Waals surface area contributed by atoms with Crippen molar-refractivity contribution < 1.29 is 13.9 Å². The summed E-state index contributed by atoms with van der Waals surface area (Å²) in [4.78, 5) is 28.5. The molecule has 0 aliphatic rings. The van der Waals surface area contributed by atoms with Crippen molar-refractivity contribution in [3.63, 3.8) is 0 Å². The van der Waals surface area contributed by atoms with Crippen LogP contribution in [0, 0.1) is 0 Å². The van der Waals surface area contributed by atoms with E-state index in [4.69, 9.17) is 20.8 Å². The van der Waals surface area contributed by atoms with Gasteiger partial charge in [0.25, 0.3) is 5.56 Å². The molecule has 29 heavy (non-hydrogen) atoms.